The fraction of sp³-hybridized carbons (Fsp3) is 0.111. The van der Waals surface area contributed by atoms with E-state index in [2.05, 4.69) is 0 Å². The predicted octanol–water partition coefficient (Wildman–Crippen LogP) is 0.946. The quantitative estimate of drug-likeness (QED) is 0.450. The van der Waals surface area contributed by atoms with Gasteiger partial charge in [-0.25, -0.2) is 0 Å². The van der Waals surface area contributed by atoms with Gasteiger partial charge in [0.1, 0.15) is 5.75 Å². The lowest BCUT2D eigenvalue weighted by Gasteiger charge is -1.98. The standard InChI is InChI=1S/C9H12N2O/c10-5-1-2-7-3-4-9(12)8(11)6-7/h1-4,6,12H,5,10-11H2/b2-1+. The van der Waals surface area contributed by atoms with Crippen molar-refractivity contribution in [1.82, 2.24) is 0 Å². The van der Waals surface area contributed by atoms with Gasteiger partial charge < -0.3 is 16.6 Å². The summed E-state index contributed by atoms with van der Waals surface area (Å²) in [6, 6.07) is 5.03. The van der Waals surface area contributed by atoms with Crippen molar-refractivity contribution in [3.8, 4) is 5.75 Å². The third-order valence-electron chi connectivity index (χ3n) is 1.50. The SMILES string of the molecule is NC/C=C/c1ccc(O)c(N)c1. The molecular weight excluding hydrogens is 152 g/mol. The fourth-order valence-corrected chi connectivity index (χ4v) is 0.881. The average molecular weight is 164 g/mol. The average Bonchev–Trinajstić information content (AvgIpc) is 2.07. The molecule has 0 saturated heterocycles. The molecule has 0 unspecified atom stereocenters. The maximum absolute atomic E-state index is 9.10. The summed E-state index contributed by atoms with van der Waals surface area (Å²) in [6.45, 7) is 0.501. The molecule has 3 heteroatoms. The Morgan fingerprint density at radius 2 is 2.17 bits per heavy atom. The third kappa shape index (κ3) is 2.00. The molecule has 0 spiro atoms. The molecule has 0 aliphatic carbocycles. The lowest BCUT2D eigenvalue weighted by atomic mass is 10.2. The Morgan fingerprint density at radius 3 is 2.75 bits per heavy atom. The molecule has 0 bridgehead atoms. The van der Waals surface area contributed by atoms with Gasteiger partial charge in [-0.1, -0.05) is 18.2 Å². The second-order valence-corrected chi connectivity index (χ2v) is 2.46. The highest BCUT2D eigenvalue weighted by Crippen LogP contribution is 2.20. The van der Waals surface area contributed by atoms with E-state index in [0.717, 1.165) is 5.56 Å². The fourth-order valence-electron chi connectivity index (χ4n) is 0.881. The van der Waals surface area contributed by atoms with Gasteiger partial charge in [-0.2, -0.15) is 0 Å². The summed E-state index contributed by atoms with van der Waals surface area (Å²) in [5.74, 6) is 0.111. The highest BCUT2D eigenvalue weighted by molar-refractivity contribution is 5.61. The van der Waals surface area contributed by atoms with E-state index in [1.807, 2.05) is 12.2 Å². The van der Waals surface area contributed by atoms with Crippen molar-refractivity contribution in [3.05, 3.63) is 29.8 Å². The van der Waals surface area contributed by atoms with Gasteiger partial charge >= 0.3 is 0 Å². The van der Waals surface area contributed by atoms with Crippen LogP contribution in [0.25, 0.3) is 6.08 Å². The number of nitrogens with two attached hydrogens (primary N) is 2. The molecule has 0 amide bonds. The molecule has 0 radical (unpaired) electrons. The number of phenolic OH excluding ortho intramolecular Hbond substituents is 1. The van der Waals surface area contributed by atoms with Gasteiger partial charge in [0, 0.05) is 6.54 Å². The maximum Gasteiger partial charge on any atom is 0.138 e. The summed E-state index contributed by atoms with van der Waals surface area (Å²) in [5.41, 5.74) is 12.1. The summed E-state index contributed by atoms with van der Waals surface area (Å²) < 4.78 is 0. The van der Waals surface area contributed by atoms with E-state index >= 15 is 0 Å². The molecule has 0 atom stereocenters. The minimum Gasteiger partial charge on any atom is -0.506 e. The molecule has 1 aromatic carbocycles. The van der Waals surface area contributed by atoms with E-state index in [9.17, 15) is 0 Å². The molecular formula is C9H12N2O. The molecule has 3 nitrogen and oxygen atoms in total. The van der Waals surface area contributed by atoms with Crippen molar-refractivity contribution in [2.45, 2.75) is 0 Å². The van der Waals surface area contributed by atoms with Crippen LogP contribution in [0.1, 0.15) is 5.56 Å². The zero-order valence-electron chi connectivity index (χ0n) is 6.70. The van der Waals surface area contributed by atoms with Crippen LogP contribution in [0.5, 0.6) is 5.75 Å². The van der Waals surface area contributed by atoms with E-state index in [4.69, 9.17) is 16.6 Å². The van der Waals surface area contributed by atoms with E-state index in [0.29, 0.717) is 12.2 Å². The van der Waals surface area contributed by atoms with Crippen LogP contribution in [0.15, 0.2) is 24.3 Å². The van der Waals surface area contributed by atoms with Crippen molar-refractivity contribution in [2.24, 2.45) is 5.73 Å². The van der Waals surface area contributed by atoms with E-state index in [1.165, 1.54) is 0 Å². The van der Waals surface area contributed by atoms with Gasteiger partial charge in [0.15, 0.2) is 0 Å². The Balaban J connectivity index is 2.89. The first-order valence-corrected chi connectivity index (χ1v) is 3.69. The van der Waals surface area contributed by atoms with Crippen LogP contribution in [0.2, 0.25) is 0 Å². The van der Waals surface area contributed by atoms with E-state index < -0.39 is 0 Å². The van der Waals surface area contributed by atoms with Crippen molar-refractivity contribution < 1.29 is 5.11 Å². The third-order valence-corrected chi connectivity index (χ3v) is 1.50. The lowest BCUT2D eigenvalue weighted by Crippen LogP contribution is -1.92. The molecule has 5 N–H and O–H groups in total. The van der Waals surface area contributed by atoms with Crippen LogP contribution >= 0.6 is 0 Å². The zero-order valence-corrected chi connectivity index (χ0v) is 6.70. The summed E-state index contributed by atoms with van der Waals surface area (Å²) >= 11 is 0. The number of phenols is 1. The Hall–Kier alpha value is -1.48. The monoisotopic (exact) mass is 164 g/mol. The minimum absolute atomic E-state index is 0.111. The second kappa shape index (κ2) is 3.78. The lowest BCUT2D eigenvalue weighted by molar-refractivity contribution is 0.478. The van der Waals surface area contributed by atoms with Crippen LogP contribution in [-0.2, 0) is 0 Å². The van der Waals surface area contributed by atoms with Gasteiger partial charge in [-0.3, -0.25) is 0 Å². The van der Waals surface area contributed by atoms with Crippen LogP contribution in [0.4, 0.5) is 5.69 Å². The first-order valence-electron chi connectivity index (χ1n) is 3.69. The molecule has 0 aromatic heterocycles. The first kappa shape index (κ1) is 8.62. The van der Waals surface area contributed by atoms with Crippen LogP contribution < -0.4 is 11.5 Å². The maximum atomic E-state index is 9.10. The van der Waals surface area contributed by atoms with E-state index in [-0.39, 0.29) is 5.75 Å². The Kier molecular flexibility index (Phi) is 2.71. The molecule has 0 fully saturated rings. The Labute approximate surface area is 71.3 Å². The van der Waals surface area contributed by atoms with Gasteiger partial charge in [0.2, 0.25) is 0 Å². The van der Waals surface area contributed by atoms with Gasteiger partial charge in [-0.15, -0.1) is 0 Å². The molecule has 0 saturated carbocycles. The summed E-state index contributed by atoms with van der Waals surface area (Å²) in [7, 11) is 0. The largest absolute Gasteiger partial charge is 0.506 e. The number of benzene rings is 1. The molecule has 12 heavy (non-hydrogen) atoms. The molecule has 64 valence electrons. The highest BCUT2D eigenvalue weighted by atomic mass is 16.3. The van der Waals surface area contributed by atoms with Crippen molar-refractivity contribution in [3.63, 3.8) is 0 Å². The van der Waals surface area contributed by atoms with Gasteiger partial charge in [0.05, 0.1) is 5.69 Å². The molecule has 0 aliphatic rings. The van der Waals surface area contributed by atoms with E-state index in [1.54, 1.807) is 18.2 Å². The van der Waals surface area contributed by atoms with Crippen molar-refractivity contribution in [1.29, 1.82) is 0 Å². The zero-order chi connectivity index (χ0) is 8.97. The number of rotatable bonds is 2. The highest BCUT2D eigenvalue weighted by Gasteiger charge is 1.94. The number of nitrogen functional groups attached to an aromatic ring is 1. The number of hydrogen-bond acceptors (Lipinski definition) is 3. The summed E-state index contributed by atoms with van der Waals surface area (Å²) in [5, 5.41) is 9.10. The summed E-state index contributed by atoms with van der Waals surface area (Å²) in [6.07, 6.45) is 3.68. The number of aromatic hydroxyl groups is 1. The number of anilines is 1. The van der Waals surface area contributed by atoms with Crippen LogP contribution in [0.3, 0.4) is 0 Å². The minimum atomic E-state index is 0.111. The smallest absolute Gasteiger partial charge is 0.138 e. The van der Waals surface area contributed by atoms with Crippen molar-refractivity contribution in [2.75, 3.05) is 12.3 Å². The molecule has 1 aromatic rings. The Morgan fingerprint density at radius 1 is 1.42 bits per heavy atom. The second-order valence-electron chi connectivity index (χ2n) is 2.46. The Bertz CT molecular complexity index is 295. The predicted molar refractivity (Wildman–Crippen MR) is 50.6 cm³/mol. The normalized spacial score (nSPS) is 10.8. The van der Waals surface area contributed by atoms with Gasteiger partial charge in [-0.05, 0) is 17.7 Å². The summed E-state index contributed by atoms with van der Waals surface area (Å²) in [4.78, 5) is 0. The molecule has 0 heterocycles. The molecule has 0 aliphatic heterocycles. The van der Waals surface area contributed by atoms with Crippen molar-refractivity contribution >= 4 is 11.8 Å². The van der Waals surface area contributed by atoms with Crippen LogP contribution in [0, 0.1) is 0 Å². The number of hydrogen-bond donors (Lipinski definition) is 3. The molecule has 1 rings (SSSR count). The van der Waals surface area contributed by atoms with Crippen LogP contribution in [-0.4, -0.2) is 11.7 Å². The first-order chi connectivity index (χ1) is 5.74. The van der Waals surface area contributed by atoms with Gasteiger partial charge in [0.25, 0.3) is 0 Å². The topological polar surface area (TPSA) is 72.3 Å².